The van der Waals surface area contributed by atoms with Gasteiger partial charge in [-0.25, -0.2) is 0 Å². The van der Waals surface area contributed by atoms with E-state index in [4.69, 9.17) is 16.3 Å². The molecule has 2 rings (SSSR count). The Hall–Kier alpha value is -1.54. The second kappa shape index (κ2) is 5.19. The zero-order chi connectivity index (χ0) is 12.3. The maximum absolute atomic E-state index is 11.7. The molecule has 0 bridgehead atoms. The number of hydrogen-bond acceptors (Lipinski definition) is 2. The van der Waals surface area contributed by atoms with E-state index in [0.29, 0.717) is 11.5 Å². The Kier molecular flexibility index (Phi) is 3.64. The minimum atomic E-state index is -0.259. The quantitative estimate of drug-likeness (QED) is 0.750. The monoisotopic (exact) mass is 248 g/mol. The molecule has 0 aromatic heterocycles. The Morgan fingerprint density at radius 1 is 1.35 bits per heavy atom. The minimum absolute atomic E-state index is 0.222. The number of methoxy groups -OCH3 is 1. The molecule has 88 valence electrons. The summed E-state index contributed by atoms with van der Waals surface area (Å²) in [4.78, 5) is 11.7. The molecule has 3 heteroatoms. The van der Waals surface area contributed by atoms with E-state index in [1.165, 1.54) is 7.11 Å². The summed E-state index contributed by atoms with van der Waals surface area (Å²) in [5.74, 6) is -0.481. The van der Waals surface area contributed by atoms with Crippen LogP contribution in [0.5, 0.6) is 0 Å². The van der Waals surface area contributed by atoms with Crippen LogP contribution in [0.4, 0.5) is 0 Å². The van der Waals surface area contributed by atoms with Crippen molar-refractivity contribution in [1.82, 2.24) is 0 Å². The molecule has 0 saturated carbocycles. The van der Waals surface area contributed by atoms with Gasteiger partial charge >= 0.3 is 5.97 Å². The molecule has 0 N–H and O–H groups in total. The molecule has 0 spiro atoms. The van der Waals surface area contributed by atoms with E-state index >= 15 is 0 Å². The van der Waals surface area contributed by atoms with Gasteiger partial charge < -0.3 is 4.74 Å². The molecule has 0 aliphatic heterocycles. The van der Waals surface area contributed by atoms with Gasteiger partial charge in [0.25, 0.3) is 0 Å². The lowest BCUT2D eigenvalue weighted by atomic mass is 9.86. The standard InChI is InChI=1S/C14H13ClO2/c1-17-14(16)12-8-7-11(15)9-13(12)10-5-3-2-4-6-10/h2-7,9,12H,8H2,1H3. The lowest BCUT2D eigenvalue weighted by molar-refractivity contribution is -0.143. The van der Waals surface area contributed by atoms with Gasteiger partial charge in [0.2, 0.25) is 0 Å². The maximum Gasteiger partial charge on any atom is 0.313 e. The Balaban J connectivity index is 2.39. The van der Waals surface area contributed by atoms with E-state index in [-0.39, 0.29) is 11.9 Å². The molecular weight excluding hydrogens is 236 g/mol. The highest BCUT2D eigenvalue weighted by molar-refractivity contribution is 6.32. The Labute approximate surface area is 106 Å². The number of rotatable bonds is 2. The highest BCUT2D eigenvalue weighted by atomic mass is 35.5. The van der Waals surface area contributed by atoms with E-state index in [1.807, 2.05) is 42.5 Å². The normalized spacial score (nSPS) is 19.3. The number of allylic oxidation sites excluding steroid dienone is 3. The van der Waals surface area contributed by atoms with Gasteiger partial charge in [-0.3, -0.25) is 4.79 Å². The van der Waals surface area contributed by atoms with E-state index in [9.17, 15) is 4.79 Å². The second-order valence-electron chi connectivity index (χ2n) is 3.87. The topological polar surface area (TPSA) is 26.3 Å². The van der Waals surface area contributed by atoms with Gasteiger partial charge in [0.05, 0.1) is 13.0 Å². The van der Waals surface area contributed by atoms with Gasteiger partial charge in [-0.2, -0.15) is 0 Å². The summed E-state index contributed by atoms with van der Waals surface area (Å²) in [6.45, 7) is 0. The van der Waals surface area contributed by atoms with Crippen LogP contribution in [-0.4, -0.2) is 13.1 Å². The Morgan fingerprint density at radius 3 is 2.71 bits per heavy atom. The van der Waals surface area contributed by atoms with Crippen LogP contribution in [0.25, 0.3) is 5.57 Å². The number of ether oxygens (including phenoxy) is 1. The van der Waals surface area contributed by atoms with E-state index in [0.717, 1.165) is 11.1 Å². The van der Waals surface area contributed by atoms with Crippen molar-refractivity contribution >= 4 is 23.1 Å². The van der Waals surface area contributed by atoms with Crippen LogP contribution in [0.15, 0.2) is 47.5 Å². The Morgan fingerprint density at radius 2 is 2.06 bits per heavy atom. The average molecular weight is 249 g/mol. The predicted octanol–water partition coefficient (Wildman–Crippen LogP) is 3.39. The molecular formula is C14H13ClO2. The lowest BCUT2D eigenvalue weighted by Gasteiger charge is -2.20. The Bertz CT molecular complexity index is 474. The summed E-state index contributed by atoms with van der Waals surface area (Å²) < 4.78 is 4.82. The zero-order valence-electron chi connectivity index (χ0n) is 9.52. The first-order chi connectivity index (χ1) is 8.22. The molecule has 17 heavy (non-hydrogen) atoms. The fourth-order valence-corrected chi connectivity index (χ4v) is 2.15. The minimum Gasteiger partial charge on any atom is -0.469 e. The fraction of sp³-hybridized carbons (Fsp3) is 0.214. The molecule has 0 saturated heterocycles. The molecule has 2 nitrogen and oxygen atoms in total. The summed E-state index contributed by atoms with van der Waals surface area (Å²) in [5, 5.41) is 0.670. The van der Waals surface area contributed by atoms with Crippen molar-refractivity contribution in [3.63, 3.8) is 0 Å². The van der Waals surface area contributed by atoms with Crippen molar-refractivity contribution in [1.29, 1.82) is 0 Å². The molecule has 1 atom stereocenters. The van der Waals surface area contributed by atoms with Crippen molar-refractivity contribution in [3.8, 4) is 0 Å². The molecule has 1 aromatic carbocycles. The fourth-order valence-electron chi connectivity index (χ4n) is 1.95. The van der Waals surface area contributed by atoms with Crippen LogP contribution < -0.4 is 0 Å². The molecule has 0 heterocycles. The predicted molar refractivity (Wildman–Crippen MR) is 68.5 cm³/mol. The SMILES string of the molecule is COC(=O)C1CC=C(Cl)C=C1c1ccccc1. The van der Waals surface area contributed by atoms with Crippen LogP contribution in [0.1, 0.15) is 12.0 Å². The number of halogens is 1. The third-order valence-corrected chi connectivity index (χ3v) is 3.07. The van der Waals surface area contributed by atoms with Crippen molar-refractivity contribution in [3.05, 3.63) is 53.1 Å². The van der Waals surface area contributed by atoms with Gasteiger partial charge in [0.15, 0.2) is 0 Å². The van der Waals surface area contributed by atoms with Crippen molar-refractivity contribution < 1.29 is 9.53 Å². The highest BCUT2D eigenvalue weighted by Gasteiger charge is 2.26. The van der Waals surface area contributed by atoms with Crippen LogP contribution in [0.3, 0.4) is 0 Å². The first-order valence-electron chi connectivity index (χ1n) is 5.43. The summed E-state index contributed by atoms with van der Waals surface area (Å²) >= 11 is 6.01. The lowest BCUT2D eigenvalue weighted by Crippen LogP contribution is -2.19. The summed E-state index contributed by atoms with van der Waals surface area (Å²) in [6.07, 6.45) is 4.27. The highest BCUT2D eigenvalue weighted by Crippen LogP contribution is 2.33. The smallest absolute Gasteiger partial charge is 0.313 e. The third-order valence-electron chi connectivity index (χ3n) is 2.81. The van der Waals surface area contributed by atoms with Crippen molar-refractivity contribution in [2.75, 3.05) is 7.11 Å². The number of carbonyl (C=O) groups is 1. The van der Waals surface area contributed by atoms with E-state index in [2.05, 4.69) is 0 Å². The number of benzene rings is 1. The molecule has 0 fully saturated rings. The third kappa shape index (κ3) is 2.59. The molecule has 0 amide bonds. The van der Waals surface area contributed by atoms with Crippen molar-refractivity contribution in [2.24, 2.45) is 5.92 Å². The summed E-state index contributed by atoms with van der Waals surface area (Å²) in [5.41, 5.74) is 1.93. The van der Waals surface area contributed by atoms with Crippen LogP contribution in [-0.2, 0) is 9.53 Å². The first kappa shape index (κ1) is 11.9. The average Bonchev–Trinajstić information content (AvgIpc) is 2.39. The van der Waals surface area contributed by atoms with Gasteiger partial charge in [0.1, 0.15) is 0 Å². The van der Waals surface area contributed by atoms with Gasteiger partial charge in [-0.05, 0) is 23.6 Å². The molecule has 0 radical (unpaired) electrons. The number of hydrogen-bond donors (Lipinski definition) is 0. The summed E-state index contributed by atoms with van der Waals surface area (Å²) in [7, 11) is 1.41. The van der Waals surface area contributed by atoms with Gasteiger partial charge in [-0.1, -0.05) is 48.0 Å². The molecule has 1 aliphatic carbocycles. The molecule has 1 unspecified atom stereocenters. The second-order valence-corrected chi connectivity index (χ2v) is 4.30. The largest absolute Gasteiger partial charge is 0.469 e. The van der Waals surface area contributed by atoms with E-state index in [1.54, 1.807) is 0 Å². The van der Waals surface area contributed by atoms with Crippen LogP contribution >= 0.6 is 11.6 Å². The maximum atomic E-state index is 11.7. The molecule has 1 aliphatic rings. The van der Waals surface area contributed by atoms with Gasteiger partial charge in [-0.15, -0.1) is 0 Å². The zero-order valence-corrected chi connectivity index (χ0v) is 10.3. The molecule has 1 aromatic rings. The van der Waals surface area contributed by atoms with Crippen LogP contribution in [0.2, 0.25) is 0 Å². The number of esters is 1. The van der Waals surface area contributed by atoms with Crippen LogP contribution in [0, 0.1) is 5.92 Å². The summed E-state index contributed by atoms with van der Waals surface area (Å²) in [6, 6.07) is 9.76. The first-order valence-corrected chi connectivity index (χ1v) is 5.80. The van der Waals surface area contributed by atoms with Crippen molar-refractivity contribution in [2.45, 2.75) is 6.42 Å². The van der Waals surface area contributed by atoms with Gasteiger partial charge in [0, 0.05) is 5.03 Å². The van der Waals surface area contributed by atoms with E-state index < -0.39 is 0 Å². The number of carbonyl (C=O) groups excluding carboxylic acids is 1.